The number of amides is 2. The second-order valence-corrected chi connectivity index (χ2v) is 8.53. The summed E-state index contributed by atoms with van der Waals surface area (Å²) in [6, 6.07) is 0. The lowest BCUT2D eigenvalue weighted by Crippen LogP contribution is -2.45. The molecule has 1 fully saturated rings. The van der Waals surface area contributed by atoms with Crippen molar-refractivity contribution in [1.82, 2.24) is 24.5 Å². The standard InChI is InChI=1S/C20H33N7O10/c28-16(21-36)11-23-1-5-25(13-18(30)31)6-2-24(12-17(29)22-37)4-8-27(15-20(34)35)10-9-26(7-3-23)14-19(32)33/h1-15H2,(H,30,31)(H,32,33)(H,34,35). The first-order valence-corrected chi connectivity index (χ1v) is 11.5. The van der Waals surface area contributed by atoms with E-state index in [-0.39, 0.29) is 98.2 Å². The van der Waals surface area contributed by atoms with Gasteiger partial charge in [-0.3, -0.25) is 48.5 Å². The molecule has 0 saturated carbocycles. The van der Waals surface area contributed by atoms with Gasteiger partial charge in [-0.1, -0.05) is 0 Å². The van der Waals surface area contributed by atoms with Crippen LogP contribution in [0.2, 0.25) is 0 Å². The van der Waals surface area contributed by atoms with Crippen LogP contribution < -0.4 is 0 Å². The normalized spacial score (nSPS) is 18.8. The van der Waals surface area contributed by atoms with E-state index in [0.717, 1.165) is 0 Å². The molecule has 1 rings (SSSR count). The number of carboxylic acids is 3. The molecule has 0 atom stereocenters. The quantitative estimate of drug-likeness (QED) is 0.245. The summed E-state index contributed by atoms with van der Waals surface area (Å²) in [5.74, 6) is -5.22. The Bertz CT molecular complexity index is 769. The Kier molecular flexibility index (Phi) is 14.8. The van der Waals surface area contributed by atoms with Crippen LogP contribution in [0.15, 0.2) is 10.4 Å². The van der Waals surface area contributed by atoms with E-state index in [2.05, 4.69) is 10.4 Å². The van der Waals surface area contributed by atoms with E-state index in [1.807, 2.05) is 0 Å². The van der Waals surface area contributed by atoms with Gasteiger partial charge in [0.25, 0.3) is 11.8 Å². The number of aliphatic carboxylic acids is 3. The van der Waals surface area contributed by atoms with Gasteiger partial charge in [0.1, 0.15) is 0 Å². The molecule has 17 nitrogen and oxygen atoms in total. The predicted octanol–water partition coefficient (Wildman–Crippen LogP) is -2.65. The van der Waals surface area contributed by atoms with E-state index in [4.69, 9.17) is 0 Å². The van der Waals surface area contributed by atoms with Crippen molar-refractivity contribution in [2.24, 2.45) is 10.4 Å². The van der Waals surface area contributed by atoms with Crippen molar-refractivity contribution in [3.63, 3.8) is 0 Å². The van der Waals surface area contributed by atoms with Gasteiger partial charge < -0.3 is 15.3 Å². The number of rotatable bonds is 10. The fraction of sp³-hybridized carbons (Fsp3) is 0.750. The molecule has 17 heteroatoms. The zero-order valence-corrected chi connectivity index (χ0v) is 20.4. The van der Waals surface area contributed by atoms with Crippen molar-refractivity contribution < 1.29 is 39.3 Å². The summed E-state index contributed by atoms with van der Waals surface area (Å²) in [7, 11) is 0. The first kappa shape index (κ1) is 31.8. The van der Waals surface area contributed by atoms with Gasteiger partial charge in [-0.2, -0.15) is 0 Å². The molecule has 0 aliphatic carbocycles. The van der Waals surface area contributed by atoms with Crippen molar-refractivity contribution in [1.29, 1.82) is 0 Å². The summed E-state index contributed by atoms with van der Waals surface area (Å²) in [6.45, 7) is -0.0929. The van der Waals surface area contributed by atoms with Crippen molar-refractivity contribution in [2.45, 2.75) is 0 Å². The molecule has 208 valence electrons. The fourth-order valence-electron chi connectivity index (χ4n) is 3.78. The lowest BCUT2D eigenvalue weighted by atomic mass is 10.3. The maximum atomic E-state index is 11.7. The van der Waals surface area contributed by atoms with E-state index in [9.17, 15) is 49.1 Å². The minimum atomic E-state index is -1.12. The second kappa shape index (κ2) is 17.2. The lowest BCUT2D eigenvalue weighted by molar-refractivity contribution is -0.140. The highest BCUT2D eigenvalue weighted by Crippen LogP contribution is 2.02. The minimum absolute atomic E-state index is 0.162. The fourth-order valence-corrected chi connectivity index (χ4v) is 3.78. The summed E-state index contributed by atoms with van der Waals surface area (Å²) in [6.07, 6.45) is 0. The zero-order chi connectivity index (χ0) is 27.8. The smallest absolute Gasteiger partial charge is 0.317 e. The zero-order valence-electron chi connectivity index (χ0n) is 20.4. The molecule has 0 aromatic heterocycles. The molecule has 0 bridgehead atoms. The molecule has 0 aromatic rings. The van der Waals surface area contributed by atoms with Gasteiger partial charge in [0, 0.05) is 75.8 Å². The topological polar surface area (TPSA) is 221 Å². The minimum Gasteiger partial charge on any atom is -0.480 e. The summed E-state index contributed by atoms with van der Waals surface area (Å²) >= 11 is 0. The number of carbonyl (C=O) groups excluding carboxylic acids is 2. The van der Waals surface area contributed by atoms with Crippen LogP contribution in [0.25, 0.3) is 0 Å². The summed E-state index contributed by atoms with van der Waals surface area (Å²) in [5, 5.41) is 32.6. The molecule has 1 aliphatic rings. The largest absolute Gasteiger partial charge is 0.480 e. The third kappa shape index (κ3) is 14.8. The Balaban J connectivity index is 3.21. The van der Waals surface area contributed by atoms with Gasteiger partial charge in [0.2, 0.25) is 0 Å². The van der Waals surface area contributed by atoms with Crippen LogP contribution in [0.4, 0.5) is 0 Å². The molecular formula is C20H33N7O10. The molecular weight excluding hydrogens is 498 g/mol. The monoisotopic (exact) mass is 531 g/mol. The van der Waals surface area contributed by atoms with Crippen LogP contribution >= 0.6 is 0 Å². The van der Waals surface area contributed by atoms with Gasteiger partial charge in [-0.05, 0) is 0 Å². The van der Waals surface area contributed by atoms with E-state index >= 15 is 0 Å². The molecule has 1 saturated heterocycles. The average Bonchev–Trinajstić information content (AvgIpc) is 2.83. The van der Waals surface area contributed by atoms with Crippen LogP contribution in [0.3, 0.4) is 0 Å². The molecule has 37 heavy (non-hydrogen) atoms. The van der Waals surface area contributed by atoms with Crippen LogP contribution in [0, 0.1) is 9.81 Å². The third-order valence-electron chi connectivity index (χ3n) is 5.66. The van der Waals surface area contributed by atoms with Crippen molar-refractivity contribution in [3.8, 4) is 0 Å². The van der Waals surface area contributed by atoms with Gasteiger partial charge in [-0.25, -0.2) is 0 Å². The SMILES string of the molecule is O=NC(=O)CN1CCN(CC(=O)O)CCN(CC(=O)O)CCN(CC(=O)N=O)CCN(CC(=O)O)CC1. The van der Waals surface area contributed by atoms with Crippen LogP contribution in [-0.4, -0.2) is 168 Å². The molecule has 2 amide bonds. The molecule has 0 radical (unpaired) electrons. The Hall–Kier alpha value is -3.25. The Morgan fingerprint density at radius 3 is 0.784 bits per heavy atom. The van der Waals surface area contributed by atoms with Crippen LogP contribution in [-0.2, 0) is 24.0 Å². The molecule has 1 aliphatic heterocycles. The molecule has 0 unspecified atom stereocenters. The first-order chi connectivity index (χ1) is 17.5. The number of carbonyl (C=O) groups is 5. The number of hydrogen-bond donors (Lipinski definition) is 3. The maximum absolute atomic E-state index is 11.7. The molecule has 0 aromatic carbocycles. The van der Waals surface area contributed by atoms with Crippen molar-refractivity contribution in [2.75, 3.05) is 98.2 Å². The number of hydrogen-bond acceptors (Lipinski definition) is 12. The summed E-state index contributed by atoms with van der Waals surface area (Å²) < 4.78 is 0. The summed E-state index contributed by atoms with van der Waals surface area (Å²) in [4.78, 5) is 86.5. The van der Waals surface area contributed by atoms with Gasteiger partial charge in [0.05, 0.1) is 32.7 Å². The van der Waals surface area contributed by atoms with Gasteiger partial charge >= 0.3 is 17.9 Å². The van der Waals surface area contributed by atoms with Crippen LogP contribution in [0.5, 0.6) is 0 Å². The molecule has 0 spiro atoms. The average molecular weight is 532 g/mol. The number of nitrogens with zero attached hydrogens (tertiary/aromatic N) is 7. The van der Waals surface area contributed by atoms with Crippen LogP contribution in [0.1, 0.15) is 0 Å². The molecule has 3 N–H and O–H groups in total. The summed E-state index contributed by atoms with van der Waals surface area (Å²) in [5.41, 5.74) is 0. The van der Waals surface area contributed by atoms with Gasteiger partial charge in [-0.15, -0.1) is 9.81 Å². The Morgan fingerprint density at radius 2 is 0.622 bits per heavy atom. The third-order valence-corrected chi connectivity index (χ3v) is 5.66. The van der Waals surface area contributed by atoms with E-state index in [1.165, 1.54) is 0 Å². The number of nitroso groups, excluding NO2 is 2. The lowest BCUT2D eigenvalue weighted by Gasteiger charge is -2.29. The maximum Gasteiger partial charge on any atom is 0.317 e. The number of carboxylic acid groups (broad SMARTS) is 3. The Morgan fingerprint density at radius 1 is 0.432 bits per heavy atom. The van der Waals surface area contributed by atoms with Crippen molar-refractivity contribution in [3.05, 3.63) is 9.81 Å². The van der Waals surface area contributed by atoms with E-state index < -0.39 is 29.7 Å². The predicted molar refractivity (Wildman–Crippen MR) is 127 cm³/mol. The molecule has 1 heterocycles. The Labute approximate surface area is 212 Å². The van der Waals surface area contributed by atoms with Gasteiger partial charge in [0.15, 0.2) is 0 Å². The van der Waals surface area contributed by atoms with E-state index in [1.54, 1.807) is 24.5 Å². The van der Waals surface area contributed by atoms with Crippen molar-refractivity contribution >= 4 is 29.7 Å². The van der Waals surface area contributed by atoms with E-state index in [0.29, 0.717) is 0 Å². The highest BCUT2D eigenvalue weighted by molar-refractivity contribution is 5.79. The first-order valence-electron chi connectivity index (χ1n) is 11.5. The highest BCUT2D eigenvalue weighted by Gasteiger charge is 2.21. The second-order valence-electron chi connectivity index (χ2n) is 8.53. The highest BCUT2D eigenvalue weighted by atomic mass is 16.4.